The molecule has 15 heavy (non-hydrogen) atoms. The van der Waals surface area contributed by atoms with Crippen molar-refractivity contribution >= 4 is 22.6 Å². The molecule has 0 fully saturated rings. The number of carbonyl (C=O) groups is 2. The Labute approximate surface area is 91.4 Å². The lowest BCUT2D eigenvalue weighted by Gasteiger charge is -2.05. The molecule has 0 bridgehead atoms. The monoisotopic (exact) mass is 235 g/mol. The number of carbonyl (C=O) groups excluding carboxylic acids is 2. The molecule has 2 amide bonds. The minimum atomic E-state index is -0.830. The standard InChI is InChI=1S/C8H17N3O3S/c1-15(14)4-2-3-10-8(13)6-11-7(12)5-9/h2-6,9H2,1H3,(H,10,13)(H,11,12). The molecule has 6 nitrogen and oxygen atoms in total. The lowest BCUT2D eigenvalue weighted by atomic mass is 10.4. The molecule has 0 aromatic rings. The molecule has 0 aliphatic heterocycles. The number of rotatable bonds is 7. The van der Waals surface area contributed by atoms with E-state index in [1.54, 1.807) is 6.26 Å². The molecule has 0 aliphatic carbocycles. The highest BCUT2D eigenvalue weighted by molar-refractivity contribution is 7.84. The molecule has 0 aromatic carbocycles. The normalized spacial score (nSPS) is 11.9. The van der Waals surface area contributed by atoms with Crippen LogP contribution in [-0.2, 0) is 20.4 Å². The summed E-state index contributed by atoms with van der Waals surface area (Å²) in [5.41, 5.74) is 5.04. The van der Waals surface area contributed by atoms with Gasteiger partial charge in [0.25, 0.3) is 0 Å². The van der Waals surface area contributed by atoms with Crippen molar-refractivity contribution in [1.82, 2.24) is 10.6 Å². The van der Waals surface area contributed by atoms with E-state index in [4.69, 9.17) is 5.73 Å². The van der Waals surface area contributed by atoms with E-state index in [0.717, 1.165) is 0 Å². The highest BCUT2D eigenvalue weighted by Gasteiger charge is 2.02. The fourth-order valence-corrected chi connectivity index (χ4v) is 1.37. The minimum Gasteiger partial charge on any atom is -0.355 e. The summed E-state index contributed by atoms with van der Waals surface area (Å²) in [7, 11) is -0.830. The number of amides is 2. The molecule has 1 atom stereocenters. The summed E-state index contributed by atoms with van der Waals surface area (Å²) in [5, 5.41) is 4.93. The molecule has 88 valence electrons. The molecular formula is C8H17N3O3S. The third kappa shape index (κ3) is 9.36. The van der Waals surface area contributed by atoms with E-state index < -0.39 is 10.8 Å². The van der Waals surface area contributed by atoms with Crippen molar-refractivity contribution in [3.63, 3.8) is 0 Å². The molecule has 7 heteroatoms. The summed E-state index contributed by atoms with van der Waals surface area (Å²) in [6, 6.07) is 0. The summed E-state index contributed by atoms with van der Waals surface area (Å²) < 4.78 is 10.7. The number of hydrogen-bond acceptors (Lipinski definition) is 4. The Balaban J connectivity index is 3.41. The van der Waals surface area contributed by atoms with E-state index in [2.05, 4.69) is 10.6 Å². The van der Waals surface area contributed by atoms with Gasteiger partial charge in [0.1, 0.15) is 0 Å². The molecule has 1 unspecified atom stereocenters. The topological polar surface area (TPSA) is 101 Å². The van der Waals surface area contributed by atoms with E-state index in [0.29, 0.717) is 18.7 Å². The van der Waals surface area contributed by atoms with Crippen LogP contribution < -0.4 is 16.4 Å². The van der Waals surface area contributed by atoms with Crippen molar-refractivity contribution in [1.29, 1.82) is 0 Å². The van der Waals surface area contributed by atoms with Crippen molar-refractivity contribution in [2.45, 2.75) is 6.42 Å². The first kappa shape index (κ1) is 14.1. The van der Waals surface area contributed by atoms with Gasteiger partial charge in [-0.3, -0.25) is 13.8 Å². The predicted molar refractivity (Wildman–Crippen MR) is 58.6 cm³/mol. The zero-order valence-electron chi connectivity index (χ0n) is 8.75. The van der Waals surface area contributed by atoms with Gasteiger partial charge in [-0.25, -0.2) is 0 Å². The maximum absolute atomic E-state index is 11.1. The van der Waals surface area contributed by atoms with Crippen molar-refractivity contribution in [3.8, 4) is 0 Å². The SMILES string of the molecule is CS(=O)CCCNC(=O)CNC(=O)CN. The van der Waals surface area contributed by atoms with Crippen LogP contribution in [-0.4, -0.2) is 47.7 Å². The first-order valence-electron chi connectivity index (χ1n) is 4.59. The number of nitrogens with two attached hydrogens (primary N) is 1. The molecule has 0 saturated carbocycles. The average molecular weight is 235 g/mol. The van der Waals surface area contributed by atoms with Crippen LogP contribution in [0.1, 0.15) is 6.42 Å². The Hall–Kier alpha value is -0.950. The first-order valence-corrected chi connectivity index (χ1v) is 6.32. The average Bonchev–Trinajstić information content (AvgIpc) is 2.20. The van der Waals surface area contributed by atoms with Gasteiger partial charge in [0.05, 0.1) is 13.1 Å². The van der Waals surface area contributed by atoms with Gasteiger partial charge in [0, 0.05) is 29.4 Å². The molecule has 0 aromatic heterocycles. The Kier molecular flexibility index (Phi) is 7.84. The maximum Gasteiger partial charge on any atom is 0.239 e. The largest absolute Gasteiger partial charge is 0.355 e. The summed E-state index contributed by atoms with van der Waals surface area (Å²) in [4.78, 5) is 21.7. The zero-order chi connectivity index (χ0) is 11.7. The molecule has 0 rings (SSSR count). The van der Waals surface area contributed by atoms with Crippen molar-refractivity contribution < 1.29 is 13.8 Å². The second-order valence-electron chi connectivity index (χ2n) is 2.96. The molecule has 4 N–H and O–H groups in total. The van der Waals surface area contributed by atoms with Gasteiger partial charge >= 0.3 is 0 Å². The van der Waals surface area contributed by atoms with Crippen LogP contribution in [0.4, 0.5) is 0 Å². The molecule has 0 spiro atoms. The fraction of sp³-hybridized carbons (Fsp3) is 0.750. The van der Waals surface area contributed by atoms with Crippen molar-refractivity contribution in [2.24, 2.45) is 5.73 Å². The van der Waals surface area contributed by atoms with Crippen molar-refractivity contribution in [2.75, 3.05) is 31.6 Å². The van der Waals surface area contributed by atoms with Crippen LogP contribution >= 0.6 is 0 Å². The third-order valence-corrected chi connectivity index (χ3v) is 2.43. The second kappa shape index (κ2) is 8.37. The Bertz CT molecular complexity index is 245. The van der Waals surface area contributed by atoms with Crippen LogP contribution in [0.25, 0.3) is 0 Å². The summed E-state index contributed by atoms with van der Waals surface area (Å²) in [6.07, 6.45) is 2.28. The Morgan fingerprint density at radius 3 is 2.47 bits per heavy atom. The number of nitrogens with one attached hydrogen (secondary N) is 2. The Morgan fingerprint density at radius 1 is 1.27 bits per heavy atom. The predicted octanol–water partition coefficient (Wildman–Crippen LogP) is -2.05. The highest BCUT2D eigenvalue weighted by Crippen LogP contribution is 1.81. The molecule has 0 heterocycles. The maximum atomic E-state index is 11.1. The quantitative estimate of drug-likeness (QED) is 0.442. The van der Waals surface area contributed by atoms with Crippen LogP contribution in [0, 0.1) is 0 Å². The molecule has 0 saturated heterocycles. The lowest BCUT2D eigenvalue weighted by molar-refractivity contribution is -0.125. The van der Waals surface area contributed by atoms with Crippen LogP contribution in [0.2, 0.25) is 0 Å². The van der Waals surface area contributed by atoms with E-state index in [-0.39, 0.29) is 24.9 Å². The second-order valence-corrected chi connectivity index (χ2v) is 4.52. The Morgan fingerprint density at radius 2 is 1.93 bits per heavy atom. The van der Waals surface area contributed by atoms with Gasteiger partial charge in [-0.2, -0.15) is 0 Å². The van der Waals surface area contributed by atoms with E-state index in [1.807, 2.05) is 0 Å². The molecule has 0 aliphatic rings. The summed E-state index contributed by atoms with van der Waals surface area (Å²) in [6.45, 7) is 0.282. The van der Waals surface area contributed by atoms with Crippen molar-refractivity contribution in [3.05, 3.63) is 0 Å². The van der Waals surface area contributed by atoms with Gasteiger partial charge in [-0.1, -0.05) is 0 Å². The van der Waals surface area contributed by atoms with Crippen LogP contribution in [0.15, 0.2) is 0 Å². The van der Waals surface area contributed by atoms with Gasteiger partial charge in [-0.15, -0.1) is 0 Å². The van der Waals surface area contributed by atoms with E-state index in [9.17, 15) is 13.8 Å². The number of hydrogen-bond donors (Lipinski definition) is 3. The van der Waals surface area contributed by atoms with Crippen LogP contribution in [0.3, 0.4) is 0 Å². The smallest absolute Gasteiger partial charge is 0.239 e. The van der Waals surface area contributed by atoms with Gasteiger partial charge in [0.2, 0.25) is 11.8 Å². The van der Waals surface area contributed by atoms with E-state index >= 15 is 0 Å². The first-order chi connectivity index (χ1) is 7.06. The zero-order valence-corrected chi connectivity index (χ0v) is 9.56. The highest BCUT2D eigenvalue weighted by atomic mass is 32.2. The minimum absolute atomic E-state index is 0.0642. The summed E-state index contributed by atoms with van der Waals surface area (Å²) >= 11 is 0. The molecular weight excluding hydrogens is 218 g/mol. The van der Waals surface area contributed by atoms with Gasteiger partial charge < -0.3 is 16.4 Å². The van der Waals surface area contributed by atoms with Gasteiger partial charge in [-0.05, 0) is 6.42 Å². The van der Waals surface area contributed by atoms with E-state index in [1.165, 1.54) is 0 Å². The summed E-state index contributed by atoms with van der Waals surface area (Å²) in [5.74, 6) is -0.0615. The molecule has 0 radical (unpaired) electrons. The fourth-order valence-electron chi connectivity index (χ4n) is 0.817. The lowest BCUT2D eigenvalue weighted by Crippen LogP contribution is -2.39. The third-order valence-electron chi connectivity index (χ3n) is 1.56. The van der Waals surface area contributed by atoms with Crippen LogP contribution in [0.5, 0.6) is 0 Å². The van der Waals surface area contributed by atoms with Gasteiger partial charge in [0.15, 0.2) is 0 Å².